The Hall–Kier alpha value is -2.22. The van der Waals surface area contributed by atoms with Gasteiger partial charge in [0.05, 0.1) is 17.4 Å². The Kier molecular flexibility index (Phi) is 4.83. The van der Waals surface area contributed by atoms with Crippen LogP contribution < -0.4 is 0 Å². The highest BCUT2D eigenvalue weighted by Crippen LogP contribution is 2.18. The molecule has 0 aliphatic carbocycles. The molecule has 0 radical (unpaired) electrons. The van der Waals surface area contributed by atoms with Gasteiger partial charge in [-0.1, -0.05) is 42.0 Å². The summed E-state index contributed by atoms with van der Waals surface area (Å²) in [4.78, 5) is 9.24. The third-order valence-corrected chi connectivity index (χ3v) is 2.97. The molecule has 20 heavy (non-hydrogen) atoms. The number of rotatable bonds is 4. The molecule has 0 aliphatic heterocycles. The summed E-state index contributed by atoms with van der Waals surface area (Å²) in [6, 6.07) is 16.3. The number of pyridine rings is 1. The van der Waals surface area contributed by atoms with Crippen molar-refractivity contribution >= 4 is 5.71 Å². The number of aliphatic imine (C=N–C) groups is 1. The topological polar surface area (TPSA) is 25.2 Å². The lowest BCUT2D eigenvalue weighted by atomic mass is 10.1. The minimum Gasteiger partial charge on any atom is -0.275 e. The molecular weight excluding hydrogens is 244 g/mol. The Morgan fingerprint density at radius 3 is 2.35 bits per heavy atom. The average molecular weight is 264 g/mol. The van der Waals surface area contributed by atoms with Crippen molar-refractivity contribution in [2.75, 3.05) is 0 Å². The van der Waals surface area contributed by atoms with Gasteiger partial charge < -0.3 is 0 Å². The second-order valence-electron chi connectivity index (χ2n) is 5.04. The summed E-state index contributed by atoms with van der Waals surface area (Å²) >= 11 is 0. The fraction of sp³-hybridized carbons (Fsp3) is 0.222. The lowest BCUT2D eigenvalue weighted by Gasteiger charge is -2.09. The van der Waals surface area contributed by atoms with E-state index in [-0.39, 0.29) is 6.04 Å². The minimum atomic E-state index is 0.115. The third-order valence-electron chi connectivity index (χ3n) is 2.97. The molecule has 0 spiro atoms. The van der Waals surface area contributed by atoms with Crippen LogP contribution in [0.25, 0.3) is 0 Å². The largest absolute Gasteiger partial charge is 0.275 e. The first-order valence-corrected chi connectivity index (χ1v) is 6.86. The summed E-state index contributed by atoms with van der Waals surface area (Å²) in [7, 11) is 0. The van der Waals surface area contributed by atoms with Crippen molar-refractivity contribution in [1.29, 1.82) is 0 Å². The van der Waals surface area contributed by atoms with Crippen molar-refractivity contribution in [3.8, 4) is 0 Å². The molecule has 0 amide bonds. The van der Waals surface area contributed by atoms with Gasteiger partial charge in [0, 0.05) is 6.20 Å². The van der Waals surface area contributed by atoms with E-state index in [1.54, 1.807) is 6.20 Å². The summed E-state index contributed by atoms with van der Waals surface area (Å²) < 4.78 is 0. The van der Waals surface area contributed by atoms with E-state index in [1.807, 2.05) is 36.4 Å². The van der Waals surface area contributed by atoms with E-state index in [4.69, 9.17) is 4.99 Å². The normalized spacial score (nSPS) is 12.8. The average Bonchev–Trinajstić information content (AvgIpc) is 2.48. The van der Waals surface area contributed by atoms with E-state index < -0.39 is 0 Å². The quantitative estimate of drug-likeness (QED) is 0.741. The van der Waals surface area contributed by atoms with Gasteiger partial charge in [-0.25, -0.2) is 0 Å². The van der Waals surface area contributed by atoms with Crippen LogP contribution in [0.3, 0.4) is 0 Å². The molecule has 0 N–H and O–H groups in total. The number of hydrogen-bond acceptors (Lipinski definition) is 2. The summed E-state index contributed by atoms with van der Waals surface area (Å²) in [6.45, 7) is 6.26. The van der Waals surface area contributed by atoms with E-state index in [2.05, 4.69) is 44.0 Å². The van der Waals surface area contributed by atoms with E-state index in [9.17, 15) is 0 Å². The predicted molar refractivity (Wildman–Crippen MR) is 85.1 cm³/mol. The summed E-state index contributed by atoms with van der Waals surface area (Å²) in [5.41, 5.74) is 4.27. The molecule has 2 heteroatoms. The standard InChI is InChI=1S/C18H20N2/c1-14(2)13-18(17-11-7-8-12-19-17)20-15(3)16-9-5-4-6-10-16/h4-13,15H,1-3H3. The van der Waals surface area contributed by atoms with Crippen LogP contribution in [0.5, 0.6) is 0 Å². The first-order valence-electron chi connectivity index (χ1n) is 6.86. The highest BCUT2D eigenvalue weighted by atomic mass is 14.8. The lowest BCUT2D eigenvalue weighted by molar-refractivity contribution is 0.820. The second-order valence-corrected chi connectivity index (χ2v) is 5.04. The van der Waals surface area contributed by atoms with Crippen molar-refractivity contribution in [2.24, 2.45) is 4.99 Å². The number of hydrogen-bond donors (Lipinski definition) is 0. The van der Waals surface area contributed by atoms with Gasteiger partial charge in [0.2, 0.25) is 0 Å². The van der Waals surface area contributed by atoms with Crippen molar-refractivity contribution in [2.45, 2.75) is 26.8 Å². The maximum atomic E-state index is 4.83. The van der Waals surface area contributed by atoms with Crippen LogP contribution in [0.15, 0.2) is 71.4 Å². The predicted octanol–water partition coefficient (Wildman–Crippen LogP) is 4.60. The van der Waals surface area contributed by atoms with Gasteiger partial charge in [-0.2, -0.15) is 0 Å². The summed E-state index contributed by atoms with van der Waals surface area (Å²) in [5.74, 6) is 0. The Labute approximate surface area is 120 Å². The monoisotopic (exact) mass is 264 g/mol. The SMILES string of the molecule is CC(C)=CC(=NC(C)c1ccccc1)c1ccccn1. The smallest absolute Gasteiger partial charge is 0.0881 e. The molecule has 0 bridgehead atoms. The van der Waals surface area contributed by atoms with Gasteiger partial charge in [-0.15, -0.1) is 0 Å². The first-order chi connectivity index (χ1) is 9.66. The molecule has 0 saturated carbocycles. The van der Waals surface area contributed by atoms with Crippen LogP contribution in [0, 0.1) is 0 Å². The van der Waals surface area contributed by atoms with Crippen molar-refractivity contribution in [3.63, 3.8) is 0 Å². The van der Waals surface area contributed by atoms with Crippen LogP contribution in [0.4, 0.5) is 0 Å². The Morgan fingerprint density at radius 2 is 1.75 bits per heavy atom. The maximum absolute atomic E-state index is 4.83. The highest BCUT2D eigenvalue weighted by molar-refractivity contribution is 6.07. The van der Waals surface area contributed by atoms with Crippen LogP contribution in [-0.2, 0) is 0 Å². The lowest BCUT2D eigenvalue weighted by Crippen LogP contribution is -2.03. The molecule has 2 rings (SSSR count). The van der Waals surface area contributed by atoms with Crippen LogP contribution in [0.1, 0.15) is 38.1 Å². The van der Waals surface area contributed by atoms with Crippen molar-refractivity contribution < 1.29 is 0 Å². The first kappa shape index (κ1) is 14.2. The molecule has 0 fully saturated rings. The van der Waals surface area contributed by atoms with Gasteiger partial charge in [-0.05, 0) is 44.5 Å². The summed E-state index contributed by atoms with van der Waals surface area (Å²) in [5, 5.41) is 0. The Balaban J connectivity index is 2.37. The molecule has 1 heterocycles. The van der Waals surface area contributed by atoms with Gasteiger partial charge in [0.25, 0.3) is 0 Å². The molecule has 1 aromatic carbocycles. The fourth-order valence-electron chi connectivity index (χ4n) is 1.98. The molecule has 1 atom stereocenters. The third kappa shape index (κ3) is 3.89. The number of aromatic nitrogens is 1. The molecule has 0 aliphatic rings. The van der Waals surface area contributed by atoms with Gasteiger partial charge >= 0.3 is 0 Å². The van der Waals surface area contributed by atoms with Crippen LogP contribution >= 0.6 is 0 Å². The molecule has 102 valence electrons. The zero-order valence-corrected chi connectivity index (χ0v) is 12.2. The van der Waals surface area contributed by atoms with E-state index in [1.165, 1.54) is 11.1 Å². The van der Waals surface area contributed by atoms with E-state index >= 15 is 0 Å². The van der Waals surface area contributed by atoms with Gasteiger partial charge in [0.1, 0.15) is 0 Å². The van der Waals surface area contributed by atoms with Crippen molar-refractivity contribution in [3.05, 3.63) is 77.6 Å². The molecule has 0 saturated heterocycles. The van der Waals surface area contributed by atoms with E-state index in [0.717, 1.165) is 11.4 Å². The zero-order valence-electron chi connectivity index (χ0n) is 12.2. The molecule has 2 nitrogen and oxygen atoms in total. The fourth-order valence-corrected chi connectivity index (χ4v) is 1.98. The number of benzene rings is 1. The molecule has 1 aromatic heterocycles. The van der Waals surface area contributed by atoms with Gasteiger partial charge in [-0.3, -0.25) is 9.98 Å². The summed E-state index contributed by atoms with van der Waals surface area (Å²) in [6.07, 6.45) is 3.89. The number of allylic oxidation sites excluding steroid dienone is 2. The highest BCUT2D eigenvalue weighted by Gasteiger charge is 2.07. The zero-order chi connectivity index (χ0) is 14.4. The number of nitrogens with zero attached hydrogens (tertiary/aromatic N) is 2. The van der Waals surface area contributed by atoms with Crippen LogP contribution in [-0.4, -0.2) is 10.7 Å². The second kappa shape index (κ2) is 6.80. The minimum absolute atomic E-state index is 0.115. The Bertz CT molecular complexity index is 594. The molecule has 1 unspecified atom stereocenters. The van der Waals surface area contributed by atoms with Crippen LogP contribution in [0.2, 0.25) is 0 Å². The molecule has 2 aromatic rings. The maximum Gasteiger partial charge on any atom is 0.0881 e. The Morgan fingerprint density at radius 1 is 1.05 bits per heavy atom. The molecular formula is C18H20N2. The van der Waals surface area contributed by atoms with E-state index in [0.29, 0.717) is 0 Å². The van der Waals surface area contributed by atoms with Gasteiger partial charge in [0.15, 0.2) is 0 Å². The van der Waals surface area contributed by atoms with Crippen molar-refractivity contribution in [1.82, 2.24) is 4.98 Å².